The van der Waals surface area contributed by atoms with E-state index in [2.05, 4.69) is 15.9 Å². The van der Waals surface area contributed by atoms with Crippen molar-refractivity contribution in [1.82, 2.24) is 0 Å². The summed E-state index contributed by atoms with van der Waals surface area (Å²) in [5.41, 5.74) is 0.234. The summed E-state index contributed by atoms with van der Waals surface area (Å²) in [5, 5.41) is 10.7. The van der Waals surface area contributed by atoms with E-state index in [0.29, 0.717) is 0 Å². The van der Waals surface area contributed by atoms with Gasteiger partial charge in [-0.25, -0.2) is 0 Å². The van der Waals surface area contributed by atoms with Crippen LogP contribution in [0.15, 0.2) is 46.9 Å². The molecule has 0 unspecified atom stereocenters. The summed E-state index contributed by atoms with van der Waals surface area (Å²) in [5.74, 6) is -1.12. The molecule has 4 nitrogen and oxygen atoms in total. The third-order valence-corrected chi connectivity index (χ3v) is 3.09. The molecular weight excluding hydrogens is 317 g/mol. The molecule has 2 rings (SSSR count). The number of halogens is 2. The monoisotopic (exact) mass is 325 g/mol. The molecule has 2 aromatic rings. The predicted octanol–water partition coefficient (Wildman–Crippen LogP) is 4.08. The van der Waals surface area contributed by atoms with Gasteiger partial charge in [-0.1, -0.05) is 30.3 Å². The van der Waals surface area contributed by atoms with Crippen molar-refractivity contribution < 1.29 is 14.1 Å². The van der Waals surface area contributed by atoms with Gasteiger partial charge < -0.3 is 4.74 Å². The molecule has 0 aliphatic rings. The minimum Gasteiger partial charge on any atom is -0.486 e. The van der Waals surface area contributed by atoms with E-state index < -0.39 is 16.4 Å². The van der Waals surface area contributed by atoms with Crippen LogP contribution in [-0.2, 0) is 6.61 Å². The van der Waals surface area contributed by atoms with Gasteiger partial charge in [0.05, 0.1) is 9.40 Å². The quantitative estimate of drug-likeness (QED) is 0.628. The molecule has 6 heteroatoms. The molecule has 0 saturated carbocycles. The molecule has 0 amide bonds. The van der Waals surface area contributed by atoms with Crippen LogP contribution in [0.5, 0.6) is 5.75 Å². The minimum absolute atomic E-state index is 0.0852. The van der Waals surface area contributed by atoms with Crippen LogP contribution in [0.25, 0.3) is 0 Å². The summed E-state index contributed by atoms with van der Waals surface area (Å²) in [6.07, 6.45) is 0. The summed E-state index contributed by atoms with van der Waals surface area (Å²) in [6, 6.07) is 11.9. The molecule has 2 aromatic carbocycles. The van der Waals surface area contributed by atoms with Crippen LogP contribution in [0.1, 0.15) is 5.56 Å². The van der Waals surface area contributed by atoms with Gasteiger partial charge in [0.25, 0.3) is 0 Å². The second-order valence-corrected chi connectivity index (χ2v) is 4.59. The Morgan fingerprint density at radius 2 is 1.89 bits per heavy atom. The molecule has 0 saturated heterocycles. The van der Waals surface area contributed by atoms with Crippen LogP contribution in [0.3, 0.4) is 0 Å². The summed E-state index contributed by atoms with van der Waals surface area (Å²) < 4.78 is 19.2. The fourth-order valence-electron chi connectivity index (χ4n) is 1.54. The molecule has 0 bridgehead atoms. The maximum atomic E-state index is 13.9. The lowest BCUT2D eigenvalue weighted by atomic mass is 10.2. The number of hydrogen-bond acceptors (Lipinski definition) is 3. The molecular formula is C13H9BrFNO3. The first-order valence-corrected chi connectivity index (χ1v) is 6.18. The second-order valence-electron chi connectivity index (χ2n) is 3.74. The van der Waals surface area contributed by atoms with E-state index in [1.807, 2.05) is 30.3 Å². The first kappa shape index (κ1) is 13.5. The summed E-state index contributed by atoms with van der Waals surface area (Å²) in [7, 11) is 0. The van der Waals surface area contributed by atoms with Gasteiger partial charge in [-0.2, -0.15) is 4.39 Å². The lowest BCUT2D eigenvalue weighted by molar-refractivity contribution is -0.388. The maximum absolute atomic E-state index is 13.9. The standard InChI is InChI=1S/C13H9BrFNO3/c14-10-6-7-11(12(15)13(10)16(17)18)19-8-9-4-2-1-3-5-9/h1-7H,8H2. The number of nitro groups is 1. The smallest absolute Gasteiger partial charge is 0.322 e. The largest absolute Gasteiger partial charge is 0.486 e. The highest BCUT2D eigenvalue weighted by molar-refractivity contribution is 9.10. The number of ether oxygens (including phenoxy) is 1. The minimum atomic E-state index is -0.977. The zero-order valence-corrected chi connectivity index (χ0v) is 11.3. The molecule has 98 valence electrons. The zero-order chi connectivity index (χ0) is 13.8. The highest BCUT2D eigenvalue weighted by Gasteiger charge is 2.23. The third-order valence-electron chi connectivity index (χ3n) is 2.45. The lowest BCUT2D eigenvalue weighted by Gasteiger charge is -2.08. The number of rotatable bonds is 4. The van der Waals surface area contributed by atoms with Crippen LogP contribution < -0.4 is 4.74 Å². The van der Waals surface area contributed by atoms with E-state index in [-0.39, 0.29) is 16.8 Å². The Bertz CT molecular complexity index is 604. The summed E-state index contributed by atoms with van der Waals surface area (Å²) in [6.45, 7) is 0.149. The average Bonchev–Trinajstić information content (AvgIpc) is 2.38. The normalized spacial score (nSPS) is 10.2. The Morgan fingerprint density at radius 3 is 2.53 bits per heavy atom. The van der Waals surface area contributed by atoms with E-state index in [1.165, 1.54) is 12.1 Å². The number of benzene rings is 2. The molecule has 0 aliphatic carbocycles. The Kier molecular flexibility index (Phi) is 4.11. The number of hydrogen-bond donors (Lipinski definition) is 0. The number of nitro benzene ring substituents is 1. The molecule has 0 heterocycles. The average molecular weight is 326 g/mol. The van der Waals surface area contributed by atoms with E-state index >= 15 is 0 Å². The first-order chi connectivity index (χ1) is 9.09. The molecule has 0 N–H and O–H groups in total. The summed E-state index contributed by atoms with van der Waals surface area (Å²) in [4.78, 5) is 9.97. The van der Waals surface area contributed by atoms with Crippen molar-refractivity contribution in [3.8, 4) is 5.75 Å². The fourth-order valence-corrected chi connectivity index (χ4v) is 1.99. The molecule has 0 aromatic heterocycles. The van der Waals surface area contributed by atoms with E-state index in [0.717, 1.165) is 5.56 Å². The van der Waals surface area contributed by atoms with E-state index in [9.17, 15) is 14.5 Å². The van der Waals surface area contributed by atoms with Crippen molar-refractivity contribution in [1.29, 1.82) is 0 Å². The van der Waals surface area contributed by atoms with Crippen molar-refractivity contribution in [3.63, 3.8) is 0 Å². The van der Waals surface area contributed by atoms with Crippen LogP contribution in [0, 0.1) is 15.9 Å². The number of nitrogens with zero attached hydrogens (tertiary/aromatic N) is 1. The van der Waals surface area contributed by atoms with Crippen molar-refractivity contribution in [2.45, 2.75) is 6.61 Å². The van der Waals surface area contributed by atoms with Gasteiger partial charge in [-0.05, 0) is 33.6 Å². The molecule has 0 radical (unpaired) electrons. The highest BCUT2D eigenvalue weighted by Crippen LogP contribution is 2.33. The zero-order valence-electron chi connectivity index (χ0n) is 9.68. The van der Waals surface area contributed by atoms with Crippen LogP contribution in [-0.4, -0.2) is 4.92 Å². The highest BCUT2D eigenvalue weighted by atomic mass is 79.9. The molecule has 0 aliphatic heterocycles. The fraction of sp³-hybridized carbons (Fsp3) is 0.0769. The van der Waals surface area contributed by atoms with Gasteiger partial charge >= 0.3 is 5.69 Å². The maximum Gasteiger partial charge on any atom is 0.322 e. The Hall–Kier alpha value is -1.95. The Morgan fingerprint density at radius 1 is 1.21 bits per heavy atom. The second kappa shape index (κ2) is 5.79. The van der Waals surface area contributed by atoms with Crippen LogP contribution >= 0.6 is 15.9 Å². The Labute approximate surface area is 117 Å². The molecule has 0 atom stereocenters. The van der Waals surface area contributed by atoms with Gasteiger partial charge in [0.2, 0.25) is 5.82 Å². The molecule has 0 spiro atoms. The Balaban J connectivity index is 2.22. The van der Waals surface area contributed by atoms with Crippen molar-refractivity contribution in [2.24, 2.45) is 0 Å². The van der Waals surface area contributed by atoms with Crippen molar-refractivity contribution in [2.75, 3.05) is 0 Å². The molecule has 19 heavy (non-hydrogen) atoms. The van der Waals surface area contributed by atoms with Gasteiger partial charge in [0.1, 0.15) is 6.61 Å². The first-order valence-electron chi connectivity index (χ1n) is 5.38. The topological polar surface area (TPSA) is 52.4 Å². The van der Waals surface area contributed by atoms with Crippen LogP contribution in [0.4, 0.5) is 10.1 Å². The third kappa shape index (κ3) is 3.08. The van der Waals surface area contributed by atoms with Gasteiger partial charge in [0.15, 0.2) is 5.75 Å². The van der Waals surface area contributed by atoms with E-state index in [4.69, 9.17) is 4.74 Å². The van der Waals surface area contributed by atoms with Crippen molar-refractivity contribution in [3.05, 3.63) is 68.4 Å². The predicted molar refractivity (Wildman–Crippen MR) is 71.5 cm³/mol. The van der Waals surface area contributed by atoms with Gasteiger partial charge in [0, 0.05) is 0 Å². The van der Waals surface area contributed by atoms with Crippen molar-refractivity contribution >= 4 is 21.6 Å². The van der Waals surface area contributed by atoms with Gasteiger partial charge in [-0.3, -0.25) is 10.1 Å². The van der Waals surface area contributed by atoms with E-state index in [1.54, 1.807) is 0 Å². The van der Waals surface area contributed by atoms with Gasteiger partial charge in [-0.15, -0.1) is 0 Å². The SMILES string of the molecule is O=[N+]([O-])c1c(Br)ccc(OCc2ccccc2)c1F. The van der Waals surface area contributed by atoms with Crippen LogP contribution in [0.2, 0.25) is 0 Å². The molecule has 0 fully saturated rings. The lowest BCUT2D eigenvalue weighted by Crippen LogP contribution is -2.00. The summed E-state index contributed by atoms with van der Waals surface area (Å²) >= 11 is 2.94.